The minimum absolute atomic E-state index is 0.0179. The molecule has 2 nitrogen and oxygen atoms in total. The van der Waals surface area contributed by atoms with Crippen LogP contribution in [0.3, 0.4) is 0 Å². The second kappa shape index (κ2) is 4.33. The van der Waals surface area contributed by atoms with E-state index < -0.39 is 5.82 Å². The maximum absolute atomic E-state index is 12.9. The van der Waals surface area contributed by atoms with Gasteiger partial charge in [0.1, 0.15) is 11.9 Å². The molecule has 0 fully saturated rings. The molecule has 0 N–H and O–H groups in total. The zero-order valence-electron chi connectivity index (χ0n) is 7.62. The van der Waals surface area contributed by atoms with Crippen LogP contribution in [0, 0.1) is 17.1 Å². The largest absolute Gasteiger partial charge is 0.295 e. The zero-order chi connectivity index (χ0) is 10.6. The van der Waals surface area contributed by atoms with Crippen molar-refractivity contribution in [3.63, 3.8) is 0 Å². The second-order valence-corrected chi connectivity index (χ2v) is 2.80. The monoisotopic (exact) mass is 189 g/mol. The van der Waals surface area contributed by atoms with Gasteiger partial charge in [0, 0.05) is 0 Å². The van der Waals surface area contributed by atoms with Crippen LogP contribution in [0.5, 0.6) is 0 Å². The smallest absolute Gasteiger partial charge is 0.152 e. The summed E-state index contributed by atoms with van der Waals surface area (Å²) in [5.74, 6) is -0.639. The summed E-state index contributed by atoms with van der Waals surface area (Å²) in [5.41, 5.74) is 0.619. The summed E-state index contributed by atoms with van der Waals surface area (Å²) < 4.78 is 12.9. The first-order valence-corrected chi connectivity index (χ1v) is 4.02. The SMILES string of the molecule is CC(=O)/C=C/c1ccc(F)c(C#N)c1. The number of halogens is 1. The van der Waals surface area contributed by atoms with E-state index in [0.717, 1.165) is 0 Å². The number of nitriles is 1. The summed E-state index contributed by atoms with van der Waals surface area (Å²) in [5, 5.41) is 8.54. The Bertz CT molecular complexity index is 429. The summed E-state index contributed by atoms with van der Waals surface area (Å²) in [6.45, 7) is 1.42. The lowest BCUT2D eigenvalue weighted by Gasteiger charge is -1.95. The van der Waals surface area contributed by atoms with Crippen LogP contribution in [-0.4, -0.2) is 5.78 Å². The first-order valence-electron chi connectivity index (χ1n) is 4.02. The van der Waals surface area contributed by atoms with Gasteiger partial charge in [0.25, 0.3) is 0 Å². The third kappa shape index (κ3) is 2.53. The summed E-state index contributed by atoms with van der Waals surface area (Å²) in [7, 11) is 0. The van der Waals surface area contributed by atoms with Crippen molar-refractivity contribution in [1.82, 2.24) is 0 Å². The Morgan fingerprint density at radius 2 is 2.29 bits per heavy atom. The van der Waals surface area contributed by atoms with Crippen molar-refractivity contribution < 1.29 is 9.18 Å². The molecule has 1 rings (SSSR count). The van der Waals surface area contributed by atoms with Gasteiger partial charge in [0.05, 0.1) is 5.56 Å². The fraction of sp³-hybridized carbons (Fsp3) is 0.0909. The summed E-state index contributed by atoms with van der Waals surface area (Å²) >= 11 is 0. The van der Waals surface area contributed by atoms with Crippen LogP contribution >= 0.6 is 0 Å². The Hall–Kier alpha value is -1.95. The first-order chi connectivity index (χ1) is 6.63. The molecule has 0 aromatic heterocycles. The number of hydrogen-bond donors (Lipinski definition) is 0. The molecule has 1 aromatic carbocycles. The van der Waals surface area contributed by atoms with Gasteiger partial charge in [-0.3, -0.25) is 4.79 Å². The third-order valence-corrected chi connectivity index (χ3v) is 1.62. The molecular weight excluding hydrogens is 181 g/mol. The van der Waals surface area contributed by atoms with Gasteiger partial charge in [-0.2, -0.15) is 5.26 Å². The predicted octanol–water partition coefficient (Wildman–Crippen LogP) is 2.30. The van der Waals surface area contributed by atoms with Gasteiger partial charge in [-0.15, -0.1) is 0 Å². The van der Waals surface area contributed by atoms with Crippen LogP contribution in [0.4, 0.5) is 4.39 Å². The molecule has 0 atom stereocenters. The van der Waals surface area contributed by atoms with Gasteiger partial charge in [-0.1, -0.05) is 12.1 Å². The molecule has 0 aliphatic heterocycles. The highest BCUT2D eigenvalue weighted by Gasteiger charge is 2.00. The van der Waals surface area contributed by atoms with E-state index in [1.165, 1.54) is 31.2 Å². The Morgan fingerprint density at radius 1 is 1.57 bits per heavy atom. The van der Waals surface area contributed by atoms with Gasteiger partial charge in [0.15, 0.2) is 5.78 Å². The minimum Gasteiger partial charge on any atom is -0.295 e. The Balaban J connectivity index is 3.03. The summed E-state index contributed by atoms with van der Waals surface area (Å²) in [6, 6.07) is 5.84. The molecule has 3 heteroatoms. The van der Waals surface area contributed by atoms with Crippen molar-refractivity contribution >= 4 is 11.9 Å². The van der Waals surface area contributed by atoms with Gasteiger partial charge in [-0.25, -0.2) is 4.39 Å². The van der Waals surface area contributed by atoms with E-state index in [4.69, 9.17) is 5.26 Å². The highest BCUT2D eigenvalue weighted by molar-refractivity contribution is 5.91. The second-order valence-electron chi connectivity index (χ2n) is 2.80. The molecule has 0 bridgehead atoms. The quantitative estimate of drug-likeness (QED) is 0.670. The lowest BCUT2D eigenvalue weighted by molar-refractivity contribution is -0.112. The van der Waals surface area contributed by atoms with Crippen LogP contribution in [0.1, 0.15) is 18.1 Å². The Kier molecular flexibility index (Phi) is 3.14. The van der Waals surface area contributed by atoms with Crippen LogP contribution in [0.2, 0.25) is 0 Å². The van der Waals surface area contributed by atoms with E-state index in [0.29, 0.717) is 5.56 Å². The van der Waals surface area contributed by atoms with Crippen molar-refractivity contribution in [2.24, 2.45) is 0 Å². The number of allylic oxidation sites excluding steroid dienone is 1. The Morgan fingerprint density at radius 3 is 2.86 bits per heavy atom. The van der Waals surface area contributed by atoms with E-state index >= 15 is 0 Å². The summed E-state index contributed by atoms with van der Waals surface area (Å²) in [6.07, 6.45) is 2.91. The molecule has 0 spiro atoms. The van der Waals surface area contributed by atoms with Crippen molar-refractivity contribution in [3.8, 4) is 6.07 Å². The lowest BCUT2D eigenvalue weighted by atomic mass is 10.1. The van der Waals surface area contributed by atoms with Gasteiger partial charge < -0.3 is 0 Å². The van der Waals surface area contributed by atoms with Crippen LogP contribution in [-0.2, 0) is 4.79 Å². The van der Waals surface area contributed by atoms with Crippen LogP contribution in [0.15, 0.2) is 24.3 Å². The average molecular weight is 189 g/mol. The molecule has 0 aliphatic rings. The topological polar surface area (TPSA) is 40.9 Å². The van der Waals surface area contributed by atoms with Crippen molar-refractivity contribution in [1.29, 1.82) is 5.26 Å². The van der Waals surface area contributed by atoms with E-state index in [1.807, 2.05) is 0 Å². The van der Waals surface area contributed by atoms with Crippen molar-refractivity contribution in [2.75, 3.05) is 0 Å². The number of hydrogen-bond acceptors (Lipinski definition) is 2. The molecular formula is C11H8FNO. The predicted molar refractivity (Wildman–Crippen MR) is 50.8 cm³/mol. The number of ketones is 1. The molecule has 0 saturated heterocycles. The van der Waals surface area contributed by atoms with Gasteiger partial charge in [-0.05, 0) is 30.7 Å². The molecule has 14 heavy (non-hydrogen) atoms. The average Bonchev–Trinajstić information content (AvgIpc) is 2.16. The molecule has 0 aliphatic carbocycles. The molecule has 0 unspecified atom stereocenters. The number of rotatable bonds is 2. The van der Waals surface area contributed by atoms with E-state index in [9.17, 15) is 9.18 Å². The minimum atomic E-state index is -0.549. The van der Waals surface area contributed by atoms with E-state index in [1.54, 1.807) is 12.1 Å². The maximum atomic E-state index is 12.9. The van der Waals surface area contributed by atoms with Gasteiger partial charge in [0.2, 0.25) is 0 Å². The molecule has 0 saturated carbocycles. The summed E-state index contributed by atoms with van der Waals surface area (Å²) in [4.78, 5) is 10.6. The number of carbonyl (C=O) groups is 1. The van der Waals surface area contributed by atoms with Gasteiger partial charge >= 0.3 is 0 Å². The van der Waals surface area contributed by atoms with E-state index in [-0.39, 0.29) is 11.3 Å². The van der Waals surface area contributed by atoms with E-state index in [2.05, 4.69) is 0 Å². The number of nitrogens with zero attached hydrogens (tertiary/aromatic N) is 1. The molecule has 0 heterocycles. The van der Waals surface area contributed by atoms with Crippen LogP contribution < -0.4 is 0 Å². The highest BCUT2D eigenvalue weighted by Crippen LogP contribution is 2.10. The number of carbonyl (C=O) groups excluding carboxylic acids is 1. The number of benzene rings is 1. The fourth-order valence-electron chi connectivity index (χ4n) is 0.946. The molecule has 0 radical (unpaired) electrons. The third-order valence-electron chi connectivity index (χ3n) is 1.62. The maximum Gasteiger partial charge on any atom is 0.152 e. The molecule has 70 valence electrons. The zero-order valence-corrected chi connectivity index (χ0v) is 7.62. The fourth-order valence-corrected chi connectivity index (χ4v) is 0.946. The molecule has 0 amide bonds. The normalized spacial score (nSPS) is 10.1. The van der Waals surface area contributed by atoms with Crippen molar-refractivity contribution in [2.45, 2.75) is 6.92 Å². The van der Waals surface area contributed by atoms with Crippen molar-refractivity contribution in [3.05, 3.63) is 41.2 Å². The standard InChI is InChI=1S/C11H8FNO/c1-8(14)2-3-9-4-5-11(12)10(6-9)7-13/h2-6H,1H3/b3-2+. The van der Waals surface area contributed by atoms with Crippen LogP contribution in [0.25, 0.3) is 6.08 Å². The molecule has 1 aromatic rings. The highest BCUT2D eigenvalue weighted by atomic mass is 19.1. The first kappa shape index (κ1) is 10.1. The lowest BCUT2D eigenvalue weighted by Crippen LogP contribution is -1.85. The Labute approximate surface area is 81.3 Å².